The van der Waals surface area contributed by atoms with Gasteiger partial charge in [0.05, 0.1) is 12.7 Å². The average molecular weight is 386 g/mol. The van der Waals surface area contributed by atoms with Crippen molar-refractivity contribution < 1.29 is 14.3 Å². The molecule has 2 saturated heterocycles. The molecule has 1 aromatic carbocycles. The van der Waals surface area contributed by atoms with Gasteiger partial charge in [0, 0.05) is 42.4 Å². The lowest BCUT2D eigenvalue weighted by Crippen LogP contribution is -2.53. The Hall–Kier alpha value is -1.28. The van der Waals surface area contributed by atoms with Crippen LogP contribution < -0.4 is 10.6 Å². The molecule has 6 nitrogen and oxygen atoms in total. The van der Waals surface area contributed by atoms with E-state index in [4.69, 9.17) is 4.74 Å². The summed E-state index contributed by atoms with van der Waals surface area (Å²) in [7, 11) is 0. The van der Waals surface area contributed by atoms with Crippen molar-refractivity contribution in [2.24, 2.45) is 0 Å². The Balaban J connectivity index is 0.00000225. The van der Waals surface area contributed by atoms with Crippen LogP contribution in [0, 0.1) is 0 Å². The third-order valence-corrected chi connectivity index (χ3v) is 5.22. The van der Waals surface area contributed by atoms with Crippen LogP contribution in [-0.4, -0.2) is 66.6 Å². The summed E-state index contributed by atoms with van der Waals surface area (Å²) in [4.78, 5) is 26.8. The van der Waals surface area contributed by atoms with Gasteiger partial charge in [-0.05, 0) is 25.1 Å². The Morgan fingerprint density at radius 3 is 2.80 bits per heavy atom. The van der Waals surface area contributed by atoms with Crippen LogP contribution in [0.1, 0.15) is 17.3 Å². The van der Waals surface area contributed by atoms with E-state index in [1.54, 1.807) is 24.3 Å². The number of hydrogen-bond acceptors (Lipinski definition) is 5. The average Bonchev–Trinajstić information content (AvgIpc) is 2.62. The Bertz CT molecular complexity index is 611. The standard InChI is InChI=1S/C17H23N3O3S.ClH/c1-12-15(18-5-8-23-12)16(21)19-14-4-2-3-13(11-14)17(22)20-6-9-24-10-7-20;/h2-4,11-12,15,18H,5-10H2,1H3,(H,19,21);1H/t12-,15+;/m1./s1. The molecule has 2 amide bonds. The molecule has 8 heteroatoms. The summed E-state index contributed by atoms with van der Waals surface area (Å²) in [5.74, 6) is 1.85. The van der Waals surface area contributed by atoms with E-state index in [0.717, 1.165) is 24.6 Å². The highest BCUT2D eigenvalue weighted by atomic mass is 35.5. The minimum absolute atomic E-state index is 0. The zero-order valence-corrected chi connectivity index (χ0v) is 15.8. The smallest absolute Gasteiger partial charge is 0.253 e. The second-order valence-electron chi connectivity index (χ2n) is 5.98. The Labute approximate surface area is 158 Å². The quantitative estimate of drug-likeness (QED) is 0.827. The maximum absolute atomic E-state index is 12.6. The molecule has 1 aromatic rings. The van der Waals surface area contributed by atoms with Gasteiger partial charge < -0.3 is 20.3 Å². The van der Waals surface area contributed by atoms with Gasteiger partial charge in [0.2, 0.25) is 5.91 Å². The van der Waals surface area contributed by atoms with Gasteiger partial charge in [-0.3, -0.25) is 9.59 Å². The zero-order chi connectivity index (χ0) is 16.9. The highest BCUT2D eigenvalue weighted by Gasteiger charge is 2.28. The fraction of sp³-hybridized carbons (Fsp3) is 0.529. The predicted molar refractivity (Wildman–Crippen MR) is 103 cm³/mol. The minimum Gasteiger partial charge on any atom is -0.375 e. The minimum atomic E-state index is -0.378. The monoisotopic (exact) mass is 385 g/mol. The fourth-order valence-electron chi connectivity index (χ4n) is 2.93. The van der Waals surface area contributed by atoms with Crippen molar-refractivity contribution in [3.8, 4) is 0 Å². The van der Waals surface area contributed by atoms with Gasteiger partial charge in [-0.15, -0.1) is 12.4 Å². The molecule has 0 unspecified atom stereocenters. The molecule has 2 heterocycles. The van der Waals surface area contributed by atoms with Crippen LogP contribution in [0.3, 0.4) is 0 Å². The number of hydrogen-bond donors (Lipinski definition) is 2. The number of anilines is 1. The van der Waals surface area contributed by atoms with Crippen molar-refractivity contribution in [3.05, 3.63) is 29.8 Å². The van der Waals surface area contributed by atoms with E-state index in [1.807, 2.05) is 23.6 Å². The lowest BCUT2D eigenvalue weighted by atomic mass is 10.1. The van der Waals surface area contributed by atoms with Crippen molar-refractivity contribution in [3.63, 3.8) is 0 Å². The number of amides is 2. The first-order chi connectivity index (χ1) is 11.6. The Morgan fingerprint density at radius 2 is 2.08 bits per heavy atom. The summed E-state index contributed by atoms with van der Waals surface area (Å²) in [6.07, 6.45) is -0.172. The number of halogens is 1. The van der Waals surface area contributed by atoms with Crippen LogP contribution in [0.25, 0.3) is 0 Å². The molecule has 0 spiro atoms. The second kappa shape index (κ2) is 9.43. The summed E-state index contributed by atoms with van der Waals surface area (Å²) < 4.78 is 5.50. The molecule has 0 saturated carbocycles. The normalized spacial score (nSPS) is 23.5. The summed E-state index contributed by atoms with van der Waals surface area (Å²) in [6.45, 7) is 4.71. The Kier molecular flexibility index (Phi) is 7.56. The van der Waals surface area contributed by atoms with Crippen LogP contribution in [0.4, 0.5) is 5.69 Å². The number of benzene rings is 1. The molecule has 2 fully saturated rings. The van der Waals surface area contributed by atoms with Crippen LogP contribution in [0.15, 0.2) is 24.3 Å². The molecule has 2 aliphatic rings. The van der Waals surface area contributed by atoms with Gasteiger partial charge in [0.25, 0.3) is 5.91 Å². The zero-order valence-electron chi connectivity index (χ0n) is 14.2. The third-order valence-electron chi connectivity index (χ3n) is 4.27. The lowest BCUT2D eigenvalue weighted by Gasteiger charge is -2.29. The number of ether oxygens (including phenoxy) is 1. The molecule has 2 atom stereocenters. The number of morpholine rings is 1. The molecular formula is C17H24ClN3O3S. The molecule has 0 aromatic heterocycles. The van der Waals surface area contributed by atoms with E-state index in [1.165, 1.54) is 0 Å². The van der Waals surface area contributed by atoms with Gasteiger partial charge in [-0.25, -0.2) is 0 Å². The van der Waals surface area contributed by atoms with E-state index in [-0.39, 0.29) is 36.4 Å². The maximum atomic E-state index is 12.6. The summed E-state index contributed by atoms with van der Waals surface area (Å²) >= 11 is 1.87. The molecule has 3 rings (SSSR count). The van der Waals surface area contributed by atoms with Crippen LogP contribution >= 0.6 is 24.2 Å². The van der Waals surface area contributed by atoms with Crippen molar-refractivity contribution in [2.45, 2.75) is 19.1 Å². The molecule has 25 heavy (non-hydrogen) atoms. The van der Waals surface area contributed by atoms with Crippen molar-refractivity contribution in [1.29, 1.82) is 0 Å². The largest absolute Gasteiger partial charge is 0.375 e. The maximum Gasteiger partial charge on any atom is 0.253 e. The van der Waals surface area contributed by atoms with Crippen LogP contribution in [0.2, 0.25) is 0 Å². The van der Waals surface area contributed by atoms with Gasteiger partial charge in [-0.1, -0.05) is 6.07 Å². The summed E-state index contributed by atoms with van der Waals surface area (Å²) in [6, 6.07) is 6.77. The Morgan fingerprint density at radius 1 is 1.32 bits per heavy atom. The first-order valence-corrected chi connectivity index (χ1v) is 9.43. The fourth-order valence-corrected chi connectivity index (χ4v) is 3.83. The number of carbonyl (C=O) groups is 2. The lowest BCUT2D eigenvalue weighted by molar-refractivity contribution is -0.123. The summed E-state index contributed by atoms with van der Waals surface area (Å²) in [5, 5.41) is 6.05. The van der Waals surface area contributed by atoms with Gasteiger partial charge >= 0.3 is 0 Å². The summed E-state index contributed by atoms with van der Waals surface area (Å²) in [5.41, 5.74) is 1.25. The second-order valence-corrected chi connectivity index (χ2v) is 7.21. The first-order valence-electron chi connectivity index (χ1n) is 8.28. The number of rotatable bonds is 3. The van der Waals surface area contributed by atoms with Crippen LogP contribution in [-0.2, 0) is 9.53 Å². The predicted octanol–water partition coefficient (Wildman–Crippen LogP) is 1.61. The molecular weight excluding hydrogens is 362 g/mol. The number of carbonyl (C=O) groups excluding carboxylic acids is 2. The van der Waals surface area contributed by atoms with Gasteiger partial charge in [0.15, 0.2) is 0 Å². The van der Waals surface area contributed by atoms with E-state index in [9.17, 15) is 9.59 Å². The number of nitrogens with one attached hydrogen (secondary N) is 2. The number of nitrogens with zero attached hydrogens (tertiary/aromatic N) is 1. The highest BCUT2D eigenvalue weighted by molar-refractivity contribution is 7.99. The van der Waals surface area contributed by atoms with E-state index in [2.05, 4.69) is 10.6 Å². The van der Waals surface area contributed by atoms with Crippen molar-refractivity contribution >= 4 is 41.7 Å². The number of thioether (sulfide) groups is 1. The molecule has 2 aliphatic heterocycles. The van der Waals surface area contributed by atoms with Crippen molar-refractivity contribution in [2.75, 3.05) is 43.1 Å². The van der Waals surface area contributed by atoms with Crippen LogP contribution in [0.5, 0.6) is 0 Å². The van der Waals surface area contributed by atoms with Crippen molar-refractivity contribution in [1.82, 2.24) is 10.2 Å². The highest BCUT2D eigenvalue weighted by Crippen LogP contribution is 2.17. The first kappa shape index (κ1) is 20.0. The van der Waals surface area contributed by atoms with Gasteiger partial charge in [-0.2, -0.15) is 11.8 Å². The van der Waals surface area contributed by atoms with E-state index in [0.29, 0.717) is 24.4 Å². The molecule has 0 bridgehead atoms. The SMILES string of the molecule is C[C@H]1OCCN[C@@H]1C(=O)Nc1cccc(C(=O)N2CCSCC2)c1.Cl. The molecule has 2 N–H and O–H groups in total. The third kappa shape index (κ3) is 5.10. The topological polar surface area (TPSA) is 70.7 Å². The molecule has 138 valence electrons. The van der Waals surface area contributed by atoms with E-state index < -0.39 is 0 Å². The van der Waals surface area contributed by atoms with Gasteiger partial charge in [0.1, 0.15) is 6.04 Å². The molecule has 0 aliphatic carbocycles. The van der Waals surface area contributed by atoms with E-state index >= 15 is 0 Å². The molecule has 0 radical (unpaired) electrons.